The molecule has 0 radical (unpaired) electrons. The summed E-state index contributed by atoms with van der Waals surface area (Å²) in [6.07, 6.45) is -4.62. The number of benzene rings is 3. The van der Waals surface area contributed by atoms with Crippen molar-refractivity contribution in [3.05, 3.63) is 95.1 Å². The Kier molecular flexibility index (Phi) is 9.81. The van der Waals surface area contributed by atoms with Crippen molar-refractivity contribution in [3.63, 3.8) is 0 Å². The number of alkyl halides is 3. The Bertz CT molecular complexity index is 1540. The third kappa shape index (κ3) is 7.74. The number of nitrogens with zero attached hydrogens (tertiary/aromatic N) is 2. The lowest BCUT2D eigenvalue weighted by molar-refractivity contribution is -0.138. The molecule has 0 aromatic heterocycles. The first-order chi connectivity index (χ1) is 20.3. The van der Waals surface area contributed by atoms with Crippen LogP contribution in [0.5, 0.6) is 5.75 Å². The van der Waals surface area contributed by atoms with Crippen LogP contribution < -0.4 is 10.1 Å². The van der Waals surface area contributed by atoms with Crippen LogP contribution in [0.3, 0.4) is 0 Å². The molecule has 230 valence electrons. The van der Waals surface area contributed by atoms with Gasteiger partial charge in [-0.05, 0) is 59.0 Å². The summed E-state index contributed by atoms with van der Waals surface area (Å²) in [6, 6.07) is 16.5. The minimum absolute atomic E-state index is 0.00309. The topological polar surface area (TPSA) is 96.0 Å². The standard InChI is InChI=1S/C31H34F3N3O5S/c1-21(2)24-9-7-22(8-10-24)19-35-30(39)28-20-36(29(38)18-23-5-4-6-26(17-23)42-3)15-16-37(28)43(40,41)27-13-11-25(12-14-27)31(32,33)34/h4-14,17,21,28H,15-16,18-20H2,1-3H3,(H,35,39)/t28-/m1/s1. The lowest BCUT2D eigenvalue weighted by atomic mass is 10.0. The molecule has 0 saturated carbocycles. The van der Waals surface area contributed by atoms with Gasteiger partial charge in [-0.1, -0.05) is 50.2 Å². The zero-order chi connectivity index (χ0) is 31.4. The van der Waals surface area contributed by atoms with Gasteiger partial charge in [0.15, 0.2) is 0 Å². The van der Waals surface area contributed by atoms with E-state index in [2.05, 4.69) is 19.2 Å². The molecule has 3 aromatic rings. The molecule has 2 amide bonds. The van der Waals surface area contributed by atoms with Gasteiger partial charge in [-0.15, -0.1) is 0 Å². The fraction of sp³-hybridized carbons (Fsp3) is 0.355. The van der Waals surface area contributed by atoms with Crippen LogP contribution in [0.25, 0.3) is 0 Å². The average molecular weight is 618 g/mol. The number of hydrogen-bond acceptors (Lipinski definition) is 5. The highest BCUT2D eigenvalue weighted by Gasteiger charge is 2.41. The Morgan fingerprint density at radius 1 is 0.977 bits per heavy atom. The quantitative estimate of drug-likeness (QED) is 0.379. The van der Waals surface area contributed by atoms with E-state index < -0.39 is 33.7 Å². The number of nitrogens with one attached hydrogen (secondary N) is 1. The predicted molar refractivity (Wildman–Crippen MR) is 155 cm³/mol. The molecule has 12 heteroatoms. The maximum atomic E-state index is 13.6. The monoisotopic (exact) mass is 617 g/mol. The van der Waals surface area contributed by atoms with Crippen LogP contribution in [0.4, 0.5) is 13.2 Å². The third-order valence-electron chi connectivity index (χ3n) is 7.38. The second-order valence-corrected chi connectivity index (χ2v) is 12.5. The summed E-state index contributed by atoms with van der Waals surface area (Å²) in [5, 5.41) is 2.78. The van der Waals surface area contributed by atoms with Crippen LogP contribution in [-0.4, -0.2) is 62.2 Å². The highest BCUT2D eigenvalue weighted by atomic mass is 32.2. The van der Waals surface area contributed by atoms with Gasteiger partial charge < -0.3 is 15.0 Å². The van der Waals surface area contributed by atoms with Gasteiger partial charge in [0.05, 0.1) is 24.0 Å². The van der Waals surface area contributed by atoms with Crippen molar-refractivity contribution in [2.24, 2.45) is 0 Å². The van der Waals surface area contributed by atoms with Crippen LogP contribution in [0.15, 0.2) is 77.7 Å². The van der Waals surface area contributed by atoms with Gasteiger partial charge in [-0.25, -0.2) is 8.42 Å². The van der Waals surface area contributed by atoms with Crippen molar-refractivity contribution in [2.45, 2.75) is 49.8 Å². The zero-order valence-electron chi connectivity index (χ0n) is 24.1. The Morgan fingerprint density at radius 2 is 1.65 bits per heavy atom. The summed E-state index contributed by atoms with van der Waals surface area (Å²) >= 11 is 0. The number of piperazine rings is 1. The van der Waals surface area contributed by atoms with E-state index in [1.807, 2.05) is 24.3 Å². The van der Waals surface area contributed by atoms with E-state index in [1.54, 1.807) is 24.3 Å². The van der Waals surface area contributed by atoms with Crippen molar-refractivity contribution in [1.29, 1.82) is 0 Å². The maximum absolute atomic E-state index is 13.6. The maximum Gasteiger partial charge on any atom is 0.416 e. The first-order valence-electron chi connectivity index (χ1n) is 13.8. The SMILES string of the molecule is COc1cccc(CC(=O)N2CCN(S(=O)(=O)c3ccc(C(F)(F)F)cc3)[C@@H](C(=O)NCc3ccc(C(C)C)cc3)C2)c1. The van der Waals surface area contributed by atoms with Gasteiger partial charge in [0.25, 0.3) is 0 Å². The molecule has 1 aliphatic rings. The van der Waals surface area contributed by atoms with Gasteiger partial charge in [0.2, 0.25) is 21.8 Å². The Hall–Kier alpha value is -3.90. The van der Waals surface area contributed by atoms with Crippen molar-refractivity contribution >= 4 is 21.8 Å². The van der Waals surface area contributed by atoms with E-state index in [0.29, 0.717) is 29.4 Å². The number of carbonyl (C=O) groups excluding carboxylic acids is 2. The fourth-order valence-corrected chi connectivity index (χ4v) is 6.41. The molecule has 1 N–H and O–H groups in total. The molecule has 1 atom stereocenters. The molecule has 43 heavy (non-hydrogen) atoms. The summed E-state index contributed by atoms with van der Waals surface area (Å²) in [5.41, 5.74) is 1.63. The summed E-state index contributed by atoms with van der Waals surface area (Å²) in [5.74, 6) is -0.0176. The van der Waals surface area contributed by atoms with E-state index in [9.17, 15) is 31.2 Å². The summed E-state index contributed by atoms with van der Waals surface area (Å²) in [7, 11) is -2.87. The molecule has 1 heterocycles. The molecule has 0 spiro atoms. The molecule has 1 fully saturated rings. The number of sulfonamides is 1. The van der Waals surface area contributed by atoms with Crippen molar-refractivity contribution in [3.8, 4) is 5.75 Å². The van der Waals surface area contributed by atoms with Crippen molar-refractivity contribution in [2.75, 3.05) is 26.7 Å². The molecule has 0 aliphatic carbocycles. The van der Waals surface area contributed by atoms with E-state index in [0.717, 1.165) is 27.6 Å². The van der Waals surface area contributed by atoms with Crippen molar-refractivity contribution in [1.82, 2.24) is 14.5 Å². The fourth-order valence-electron chi connectivity index (χ4n) is 4.84. The number of methoxy groups -OCH3 is 1. The van der Waals surface area contributed by atoms with Crippen LogP contribution in [0.2, 0.25) is 0 Å². The lowest BCUT2D eigenvalue weighted by Crippen LogP contribution is -2.61. The molecular weight excluding hydrogens is 583 g/mol. The second kappa shape index (κ2) is 13.2. The van der Waals surface area contributed by atoms with E-state index in [-0.39, 0.29) is 43.4 Å². The first kappa shape index (κ1) is 32.0. The van der Waals surface area contributed by atoms with Crippen molar-refractivity contribution < 1.29 is 35.9 Å². The Morgan fingerprint density at radius 3 is 2.26 bits per heavy atom. The number of ether oxygens (including phenoxy) is 1. The minimum atomic E-state index is -4.63. The van der Waals surface area contributed by atoms with E-state index >= 15 is 0 Å². The van der Waals surface area contributed by atoms with Gasteiger partial charge in [-0.2, -0.15) is 17.5 Å². The third-order valence-corrected chi connectivity index (χ3v) is 9.30. The van der Waals surface area contributed by atoms with Crippen LogP contribution in [0.1, 0.15) is 42.0 Å². The molecule has 8 nitrogen and oxygen atoms in total. The predicted octanol–water partition coefficient (Wildman–Crippen LogP) is 4.60. The van der Waals surface area contributed by atoms with E-state index in [1.165, 1.54) is 12.0 Å². The molecule has 1 saturated heterocycles. The highest BCUT2D eigenvalue weighted by Crippen LogP contribution is 2.31. The van der Waals surface area contributed by atoms with Gasteiger partial charge in [0, 0.05) is 26.2 Å². The minimum Gasteiger partial charge on any atom is -0.497 e. The summed E-state index contributed by atoms with van der Waals surface area (Å²) < 4.78 is 72.7. The van der Waals surface area contributed by atoms with Gasteiger partial charge in [0.1, 0.15) is 11.8 Å². The number of rotatable bonds is 9. The van der Waals surface area contributed by atoms with Gasteiger partial charge >= 0.3 is 6.18 Å². The average Bonchev–Trinajstić information content (AvgIpc) is 2.99. The Labute approximate surface area is 249 Å². The zero-order valence-corrected chi connectivity index (χ0v) is 24.9. The van der Waals surface area contributed by atoms with Crippen LogP contribution in [-0.2, 0) is 38.8 Å². The first-order valence-corrected chi connectivity index (χ1v) is 15.2. The Balaban J connectivity index is 1.56. The van der Waals surface area contributed by atoms with E-state index in [4.69, 9.17) is 4.74 Å². The van der Waals surface area contributed by atoms with Crippen LogP contribution >= 0.6 is 0 Å². The lowest BCUT2D eigenvalue weighted by Gasteiger charge is -2.39. The largest absolute Gasteiger partial charge is 0.497 e. The number of hydrogen-bond donors (Lipinski definition) is 1. The normalized spacial score (nSPS) is 16.3. The molecule has 4 rings (SSSR count). The number of halogens is 3. The summed E-state index contributed by atoms with van der Waals surface area (Å²) in [4.78, 5) is 27.8. The number of amides is 2. The highest BCUT2D eigenvalue weighted by molar-refractivity contribution is 7.89. The molecule has 3 aromatic carbocycles. The molecular formula is C31H34F3N3O5S. The number of carbonyl (C=O) groups is 2. The van der Waals surface area contributed by atoms with Gasteiger partial charge in [-0.3, -0.25) is 9.59 Å². The smallest absolute Gasteiger partial charge is 0.416 e. The molecule has 0 bridgehead atoms. The molecule has 1 aliphatic heterocycles. The van der Waals surface area contributed by atoms with Crippen LogP contribution in [0, 0.1) is 0 Å². The molecule has 0 unspecified atom stereocenters. The summed E-state index contributed by atoms with van der Waals surface area (Å²) in [6.45, 7) is 3.82. The second-order valence-electron chi connectivity index (χ2n) is 10.6.